The molecule has 0 saturated carbocycles. The first-order valence-corrected chi connectivity index (χ1v) is 23.9. The Hall–Kier alpha value is -6.37. The molecule has 0 bridgehead atoms. The summed E-state index contributed by atoms with van der Waals surface area (Å²) in [6, 6.07) is 15.0. The third-order valence-corrected chi connectivity index (χ3v) is 15.4. The van der Waals surface area contributed by atoms with Gasteiger partial charge in [0.15, 0.2) is 11.2 Å². The molecule has 2 unspecified atom stereocenters. The quantitative estimate of drug-likeness (QED) is 0.125. The van der Waals surface area contributed by atoms with Gasteiger partial charge in [0, 0.05) is 109 Å². The second kappa shape index (κ2) is 16.7. The van der Waals surface area contributed by atoms with E-state index in [4.69, 9.17) is 11.6 Å². The lowest BCUT2D eigenvalue weighted by molar-refractivity contribution is -0.151. The number of carbonyl (C=O) groups excluding carboxylic acids is 5. The van der Waals surface area contributed by atoms with Crippen molar-refractivity contribution < 1.29 is 33.5 Å². The van der Waals surface area contributed by atoms with Gasteiger partial charge in [0.25, 0.3) is 11.8 Å². The van der Waals surface area contributed by atoms with E-state index < -0.39 is 29.4 Å². The molecule has 11 rings (SSSR count). The number of anilines is 4. The average Bonchev–Trinajstić information content (AvgIpc) is 4.10. The summed E-state index contributed by atoms with van der Waals surface area (Å²) in [5, 5.41) is 22.3. The van der Waals surface area contributed by atoms with Gasteiger partial charge in [0.05, 0.1) is 29.7 Å². The lowest BCUT2D eigenvalue weighted by Crippen LogP contribution is -2.73. The van der Waals surface area contributed by atoms with Crippen LogP contribution in [-0.2, 0) is 38.7 Å². The molecular formula is C48H48ClFN10O6S. The minimum atomic E-state index is -1.18. The Kier molecular flexibility index (Phi) is 10.8. The minimum absolute atomic E-state index is 0.00249. The molecule has 0 radical (unpaired) electrons. The number of halogens is 2. The highest BCUT2D eigenvalue weighted by molar-refractivity contribution is 7.13. The molecule has 2 aromatic heterocycles. The monoisotopic (exact) mass is 946 g/mol. The first-order valence-electron chi connectivity index (χ1n) is 22.7. The van der Waals surface area contributed by atoms with E-state index in [2.05, 4.69) is 43.0 Å². The van der Waals surface area contributed by atoms with E-state index in [0.717, 1.165) is 55.0 Å². The molecule has 5 amide bonds. The number of likely N-dealkylation sites (tertiary alicyclic amines) is 1. The highest BCUT2D eigenvalue weighted by atomic mass is 35.5. The van der Waals surface area contributed by atoms with Crippen molar-refractivity contribution in [2.75, 3.05) is 59.7 Å². The molecule has 2 atom stereocenters. The van der Waals surface area contributed by atoms with Crippen LogP contribution in [0.4, 0.5) is 26.6 Å². The number of aryl methyl sites for hydroxylation is 1. The number of imidazole rings is 1. The van der Waals surface area contributed by atoms with Gasteiger partial charge in [0.1, 0.15) is 11.9 Å². The zero-order valence-corrected chi connectivity index (χ0v) is 38.0. The van der Waals surface area contributed by atoms with E-state index in [1.807, 2.05) is 38.6 Å². The van der Waals surface area contributed by atoms with E-state index in [1.54, 1.807) is 34.9 Å². The molecule has 1 spiro atoms. The summed E-state index contributed by atoms with van der Waals surface area (Å²) in [6.07, 6.45) is 6.30. The van der Waals surface area contributed by atoms with Gasteiger partial charge in [-0.15, -0.1) is 11.3 Å². The smallest absolute Gasteiger partial charge is 0.255 e. The standard InChI is InChI=1S/C48H48ClFN10O6S/c49-34-19-29(18-32-33(34)22-60(45(32)65)42(44(64)55-46-51-13-17-67-46)41-38-2-1-14-57(38)27-52-41)28-3-6-31(7-4-28)58-23-47(24-58)25-59(26-47)40(62)21-48(66)11-15-56(16-12-48)37-9-5-30(20-35(37)50)53-36-8-10-39(61)54-43(36)63/h3-7,9,13,17-20,27,36,42,53,66H,1-2,8,10-12,14-16,21-26H2,(H,51,55,64)(H,54,61,63). The number of amides is 5. The van der Waals surface area contributed by atoms with Crippen LogP contribution in [-0.4, -0.2) is 110 Å². The Balaban J connectivity index is 0.675. The molecule has 19 heteroatoms. The number of imide groups is 1. The van der Waals surface area contributed by atoms with Crippen molar-refractivity contribution in [2.24, 2.45) is 5.41 Å². The number of benzene rings is 3. The third-order valence-electron chi connectivity index (χ3n) is 14.4. The van der Waals surface area contributed by atoms with Gasteiger partial charge in [-0.25, -0.2) is 14.4 Å². The van der Waals surface area contributed by atoms with Crippen LogP contribution in [0.25, 0.3) is 11.1 Å². The Labute approximate surface area is 394 Å². The van der Waals surface area contributed by atoms with Crippen LogP contribution in [0.2, 0.25) is 5.02 Å². The van der Waals surface area contributed by atoms with Crippen molar-refractivity contribution in [1.82, 2.24) is 29.7 Å². The van der Waals surface area contributed by atoms with E-state index >= 15 is 4.39 Å². The summed E-state index contributed by atoms with van der Waals surface area (Å²) >= 11 is 8.22. The van der Waals surface area contributed by atoms with Gasteiger partial charge in [-0.1, -0.05) is 23.7 Å². The highest BCUT2D eigenvalue weighted by Gasteiger charge is 2.54. The van der Waals surface area contributed by atoms with E-state index in [-0.39, 0.29) is 48.4 Å². The Morgan fingerprint density at radius 3 is 2.48 bits per heavy atom. The lowest BCUT2D eigenvalue weighted by Gasteiger charge is -2.61. The molecule has 346 valence electrons. The van der Waals surface area contributed by atoms with Crippen molar-refractivity contribution >= 4 is 74.7 Å². The number of aromatic nitrogens is 3. The predicted molar refractivity (Wildman–Crippen MR) is 249 cm³/mol. The van der Waals surface area contributed by atoms with Crippen molar-refractivity contribution in [3.05, 3.63) is 106 Å². The summed E-state index contributed by atoms with van der Waals surface area (Å²) in [5.41, 5.74) is 5.06. The Morgan fingerprint density at radius 2 is 1.75 bits per heavy atom. The first kappa shape index (κ1) is 43.2. The topological polar surface area (TPSA) is 185 Å². The normalized spacial score (nSPS) is 20.8. The van der Waals surface area contributed by atoms with Crippen LogP contribution in [0.5, 0.6) is 0 Å². The number of hydrogen-bond donors (Lipinski definition) is 4. The molecule has 8 heterocycles. The fraction of sp³-hybridized carbons (Fsp3) is 0.396. The predicted octanol–water partition coefficient (Wildman–Crippen LogP) is 5.37. The Bertz CT molecular complexity index is 2820. The van der Waals surface area contributed by atoms with Crippen LogP contribution in [0.3, 0.4) is 0 Å². The van der Waals surface area contributed by atoms with Crippen LogP contribution in [0.1, 0.15) is 71.9 Å². The molecule has 4 N–H and O–H groups in total. The molecule has 0 aliphatic carbocycles. The summed E-state index contributed by atoms with van der Waals surface area (Å²) in [4.78, 5) is 81.6. The molecule has 6 aliphatic heterocycles. The van der Waals surface area contributed by atoms with Crippen molar-refractivity contribution in [3.8, 4) is 11.1 Å². The zero-order chi connectivity index (χ0) is 46.2. The largest absolute Gasteiger partial charge is 0.389 e. The fourth-order valence-electron chi connectivity index (χ4n) is 10.7. The number of rotatable bonds is 11. The number of nitrogens with one attached hydrogen (secondary N) is 3. The molecular weight excluding hydrogens is 899 g/mol. The number of fused-ring (bicyclic) bond motifs is 2. The SMILES string of the molecule is O=C1CCC(Nc2ccc(N3CCC(O)(CC(=O)N4CC5(C4)CN(c4ccc(-c6cc(Cl)c7c(c6)C(=O)N(C(C(=O)Nc6nccs6)c6ncn8c6CCC8)C7)cc4)C5)CC3)c(F)c2)C(=O)N1. The number of aliphatic hydroxyl groups is 1. The lowest BCUT2D eigenvalue weighted by atomic mass is 9.72. The van der Waals surface area contributed by atoms with E-state index in [9.17, 15) is 29.1 Å². The number of thiazole rings is 1. The molecule has 4 fully saturated rings. The maximum atomic E-state index is 15.3. The summed E-state index contributed by atoms with van der Waals surface area (Å²) in [5.74, 6) is -1.94. The molecule has 3 aromatic carbocycles. The van der Waals surface area contributed by atoms with E-state index in [1.165, 1.54) is 17.4 Å². The van der Waals surface area contributed by atoms with Crippen molar-refractivity contribution in [1.29, 1.82) is 0 Å². The molecule has 16 nitrogen and oxygen atoms in total. The molecule has 6 aliphatic rings. The number of nitrogens with zero attached hydrogens (tertiary/aromatic N) is 7. The van der Waals surface area contributed by atoms with Gasteiger partial charge in [-0.2, -0.15) is 0 Å². The van der Waals surface area contributed by atoms with Crippen LogP contribution >= 0.6 is 22.9 Å². The van der Waals surface area contributed by atoms with Gasteiger partial charge in [-0.05, 0) is 85.7 Å². The summed E-state index contributed by atoms with van der Waals surface area (Å²) in [7, 11) is 0. The second-order valence-corrected chi connectivity index (χ2v) is 20.2. The van der Waals surface area contributed by atoms with Crippen LogP contribution in [0.15, 0.2) is 72.5 Å². The molecule has 4 saturated heterocycles. The van der Waals surface area contributed by atoms with E-state index in [0.29, 0.717) is 83.8 Å². The van der Waals surface area contributed by atoms with Crippen molar-refractivity contribution in [3.63, 3.8) is 0 Å². The van der Waals surface area contributed by atoms with Crippen molar-refractivity contribution in [2.45, 2.75) is 75.7 Å². The van der Waals surface area contributed by atoms with Gasteiger partial charge in [0.2, 0.25) is 17.7 Å². The zero-order valence-electron chi connectivity index (χ0n) is 36.5. The van der Waals surface area contributed by atoms with Crippen LogP contribution < -0.4 is 25.8 Å². The summed E-state index contributed by atoms with van der Waals surface area (Å²) in [6.45, 7) is 4.62. The van der Waals surface area contributed by atoms with Crippen LogP contribution in [0, 0.1) is 11.2 Å². The first-order chi connectivity index (χ1) is 32.3. The second-order valence-electron chi connectivity index (χ2n) is 18.9. The number of hydrogen-bond acceptors (Lipinski definition) is 12. The average molecular weight is 947 g/mol. The van der Waals surface area contributed by atoms with Gasteiger partial charge < -0.3 is 34.6 Å². The van der Waals surface area contributed by atoms with Gasteiger partial charge >= 0.3 is 0 Å². The number of carbonyl (C=O) groups is 5. The highest BCUT2D eigenvalue weighted by Crippen LogP contribution is 2.44. The maximum absolute atomic E-state index is 15.3. The fourth-order valence-corrected chi connectivity index (χ4v) is 11.5. The third kappa shape index (κ3) is 8.07. The number of piperidine rings is 2. The Morgan fingerprint density at radius 1 is 0.955 bits per heavy atom. The maximum Gasteiger partial charge on any atom is 0.255 e. The molecule has 5 aromatic rings. The molecule has 67 heavy (non-hydrogen) atoms. The minimum Gasteiger partial charge on any atom is -0.389 e. The summed E-state index contributed by atoms with van der Waals surface area (Å²) < 4.78 is 17.3. The van der Waals surface area contributed by atoms with Gasteiger partial charge in [-0.3, -0.25) is 34.6 Å².